The van der Waals surface area contributed by atoms with Crippen LogP contribution >= 0.6 is 32.5 Å². The molecule has 0 N–H and O–H groups in total. The summed E-state index contributed by atoms with van der Waals surface area (Å²) in [5.74, 6) is 0. The van der Waals surface area contributed by atoms with Crippen LogP contribution in [0, 0.1) is 3.57 Å². The molecule has 1 atom stereocenters. The van der Waals surface area contributed by atoms with Crippen molar-refractivity contribution in [2.24, 2.45) is 0 Å². The van der Waals surface area contributed by atoms with Gasteiger partial charge in [-0.15, -0.1) is 0 Å². The molecule has 0 radical (unpaired) electrons. The zero-order valence-electron chi connectivity index (χ0n) is 4.47. The molecule has 0 fully saturated rings. The van der Waals surface area contributed by atoms with Gasteiger partial charge in [0.2, 0.25) is 0 Å². The summed E-state index contributed by atoms with van der Waals surface area (Å²) in [5, 5.41) is 0. The molecule has 1 aromatic rings. The molecule has 0 spiro atoms. The van der Waals surface area contributed by atoms with Gasteiger partial charge < -0.3 is 0 Å². The average molecular weight is 238 g/mol. The Hall–Kier alpha value is 0.380. The summed E-state index contributed by atoms with van der Waals surface area (Å²) in [7, 11) is 0. The van der Waals surface area contributed by atoms with Gasteiger partial charge in [-0.1, -0.05) is 18.2 Å². The van der Waals surface area contributed by atoms with Crippen LogP contribution in [0.5, 0.6) is 0 Å². The Morgan fingerprint density at radius 3 is 1.75 bits per heavy atom. The van der Waals surface area contributed by atoms with E-state index < -0.39 is 0 Å². The Labute approximate surface area is 66.4 Å². The van der Waals surface area contributed by atoms with E-state index in [0.29, 0.717) is 0 Å². The Bertz CT molecular complexity index is 138. The largest absolute Gasteiger partial charge is 0.153 e. The zero-order chi connectivity index (χ0) is 5.11. The molecule has 0 amide bonds. The van der Waals surface area contributed by atoms with Gasteiger partial charge in [-0.25, -0.2) is 0 Å². The van der Waals surface area contributed by atoms with Crippen LogP contribution in [0.25, 0.3) is 0 Å². The maximum Gasteiger partial charge on any atom is 0.0130 e. The van der Waals surface area contributed by atoms with Crippen molar-refractivity contribution in [3.63, 3.8) is 0 Å². The summed E-state index contributed by atoms with van der Waals surface area (Å²) in [6.07, 6.45) is 0. The molecule has 2 heteroatoms. The van der Waals surface area contributed by atoms with Crippen LogP contribution in [0.1, 0.15) is 0 Å². The predicted molar refractivity (Wildman–Crippen MR) is 50.3 cm³/mol. The Morgan fingerprint density at radius 1 is 1.00 bits per heavy atom. The Kier molecular flexibility index (Phi) is 4.48. The minimum Gasteiger partial charge on any atom is -0.153 e. The summed E-state index contributed by atoms with van der Waals surface area (Å²) in [4.78, 5) is 0. The standard InChI is InChI=1S/C6H5I.H3P/c7-6-4-2-1-3-5-6;/h1-5H;1H3. The number of benzene rings is 1. The van der Waals surface area contributed by atoms with E-state index in [0.717, 1.165) is 0 Å². The van der Waals surface area contributed by atoms with E-state index in [1.807, 2.05) is 18.2 Å². The van der Waals surface area contributed by atoms with Crippen molar-refractivity contribution >= 4 is 32.5 Å². The van der Waals surface area contributed by atoms with Crippen LogP contribution < -0.4 is 0 Å². The van der Waals surface area contributed by atoms with Gasteiger partial charge in [0.25, 0.3) is 0 Å². The lowest BCUT2D eigenvalue weighted by molar-refractivity contribution is 1.65. The van der Waals surface area contributed by atoms with Crippen LogP contribution in [0.3, 0.4) is 0 Å². The summed E-state index contributed by atoms with van der Waals surface area (Å²) in [6, 6.07) is 10.2. The van der Waals surface area contributed by atoms with Crippen LogP contribution in [0.15, 0.2) is 30.3 Å². The fourth-order valence-electron chi connectivity index (χ4n) is 0.415. The van der Waals surface area contributed by atoms with E-state index in [2.05, 4.69) is 34.7 Å². The van der Waals surface area contributed by atoms with Gasteiger partial charge in [-0.3, -0.25) is 0 Å². The first-order valence-corrected chi connectivity index (χ1v) is 3.18. The number of hydrogen-bond acceptors (Lipinski definition) is 0. The normalized spacial score (nSPS) is 7.62. The molecule has 1 unspecified atom stereocenters. The van der Waals surface area contributed by atoms with E-state index >= 15 is 0 Å². The van der Waals surface area contributed by atoms with Crippen molar-refractivity contribution in [3.8, 4) is 0 Å². The first-order valence-electron chi connectivity index (χ1n) is 2.10. The van der Waals surface area contributed by atoms with Crippen molar-refractivity contribution in [3.05, 3.63) is 33.9 Å². The third kappa shape index (κ3) is 2.63. The van der Waals surface area contributed by atoms with Gasteiger partial charge in [-0.05, 0) is 34.7 Å². The summed E-state index contributed by atoms with van der Waals surface area (Å²) >= 11 is 2.28. The topological polar surface area (TPSA) is 0 Å². The molecule has 0 aromatic heterocycles. The van der Waals surface area contributed by atoms with Gasteiger partial charge in [0.1, 0.15) is 0 Å². The van der Waals surface area contributed by atoms with Gasteiger partial charge in [0.15, 0.2) is 0 Å². The molecule has 8 heavy (non-hydrogen) atoms. The molecule has 0 saturated carbocycles. The maximum absolute atomic E-state index is 2.28. The fraction of sp³-hybridized carbons (Fsp3) is 0. The quantitative estimate of drug-likeness (QED) is 0.480. The zero-order valence-corrected chi connectivity index (χ0v) is 8.04. The highest BCUT2D eigenvalue weighted by atomic mass is 127. The molecule has 0 aliphatic rings. The van der Waals surface area contributed by atoms with Crippen LogP contribution in [0.4, 0.5) is 0 Å². The van der Waals surface area contributed by atoms with E-state index in [1.165, 1.54) is 3.57 Å². The molecule has 0 aliphatic carbocycles. The molecule has 44 valence electrons. The summed E-state index contributed by atoms with van der Waals surface area (Å²) in [5.41, 5.74) is 0. The molecular weight excluding hydrogens is 230 g/mol. The Balaban J connectivity index is 0.000000490. The smallest absolute Gasteiger partial charge is 0.0130 e. The summed E-state index contributed by atoms with van der Waals surface area (Å²) < 4.78 is 1.29. The minimum absolute atomic E-state index is 0. The van der Waals surface area contributed by atoms with Crippen molar-refractivity contribution < 1.29 is 0 Å². The maximum atomic E-state index is 2.28. The Morgan fingerprint density at radius 2 is 1.50 bits per heavy atom. The molecule has 0 saturated heterocycles. The predicted octanol–water partition coefficient (Wildman–Crippen LogP) is 2.35. The fourth-order valence-corrected chi connectivity index (χ4v) is 0.830. The van der Waals surface area contributed by atoms with Crippen molar-refractivity contribution in [2.45, 2.75) is 0 Å². The molecule has 1 rings (SSSR count). The van der Waals surface area contributed by atoms with Gasteiger partial charge in [0, 0.05) is 3.57 Å². The first-order chi connectivity index (χ1) is 3.39. The number of hydrogen-bond donors (Lipinski definition) is 0. The van der Waals surface area contributed by atoms with E-state index in [4.69, 9.17) is 0 Å². The second kappa shape index (κ2) is 4.28. The number of rotatable bonds is 0. The number of halogens is 1. The van der Waals surface area contributed by atoms with Crippen LogP contribution in [-0.2, 0) is 0 Å². The van der Waals surface area contributed by atoms with Crippen LogP contribution in [-0.4, -0.2) is 0 Å². The monoisotopic (exact) mass is 238 g/mol. The molecule has 0 bridgehead atoms. The molecular formula is C6H8IP. The summed E-state index contributed by atoms with van der Waals surface area (Å²) in [6.45, 7) is 0. The second-order valence-electron chi connectivity index (χ2n) is 1.30. The lowest BCUT2D eigenvalue weighted by Gasteiger charge is -1.80. The molecule has 1 aromatic carbocycles. The highest BCUT2D eigenvalue weighted by Gasteiger charge is 1.74. The van der Waals surface area contributed by atoms with E-state index in [9.17, 15) is 0 Å². The van der Waals surface area contributed by atoms with Crippen molar-refractivity contribution in [1.82, 2.24) is 0 Å². The minimum atomic E-state index is 0. The average Bonchev–Trinajstić information content (AvgIpc) is 1.69. The van der Waals surface area contributed by atoms with E-state index in [1.54, 1.807) is 0 Å². The van der Waals surface area contributed by atoms with Crippen LogP contribution in [0.2, 0.25) is 0 Å². The third-order valence-corrected chi connectivity index (χ3v) is 1.45. The molecule has 0 aliphatic heterocycles. The third-order valence-electron chi connectivity index (χ3n) is 0.733. The lowest BCUT2D eigenvalue weighted by atomic mass is 10.4. The molecule has 0 nitrogen and oxygen atoms in total. The van der Waals surface area contributed by atoms with Gasteiger partial charge in [0.05, 0.1) is 0 Å². The molecule has 0 heterocycles. The second-order valence-corrected chi connectivity index (χ2v) is 2.54. The lowest BCUT2D eigenvalue weighted by Crippen LogP contribution is -1.61. The van der Waals surface area contributed by atoms with Crippen molar-refractivity contribution in [2.75, 3.05) is 0 Å². The highest BCUT2D eigenvalue weighted by molar-refractivity contribution is 14.1. The van der Waals surface area contributed by atoms with Crippen molar-refractivity contribution in [1.29, 1.82) is 0 Å². The van der Waals surface area contributed by atoms with Gasteiger partial charge in [-0.2, -0.15) is 9.90 Å². The highest BCUT2D eigenvalue weighted by Crippen LogP contribution is 1.99. The SMILES string of the molecule is Ic1ccccc1.P. The first kappa shape index (κ1) is 8.38. The van der Waals surface area contributed by atoms with E-state index in [-0.39, 0.29) is 9.90 Å². The van der Waals surface area contributed by atoms with Gasteiger partial charge >= 0.3 is 0 Å².